The van der Waals surface area contributed by atoms with E-state index in [4.69, 9.17) is 36.7 Å². The molecule has 9 heteroatoms. The van der Waals surface area contributed by atoms with Crippen LogP contribution in [-0.2, 0) is 0 Å². The molecule has 3 aromatic rings. The number of nitrogens with zero attached hydrogens (tertiary/aromatic N) is 2. The monoisotopic (exact) mass is 500 g/mol. The lowest BCUT2D eigenvalue weighted by Gasteiger charge is -2.22. The van der Waals surface area contributed by atoms with Gasteiger partial charge in [-0.15, -0.1) is 0 Å². The molecule has 8 N–H and O–H groups in total. The maximum absolute atomic E-state index is 8.48. The molecule has 0 aliphatic carbocycles. The second-order valence-electron chi connectivity index (χ2n) is 7.01. The Morgan fingerprint density at radius 3 is 1.03 bits per heavy atom. The summed E-state index contributed by atoms with van der Waals surface area (Å²) in [6.07, 6.45) is 0. The second kappa shape index (κ2) is 23.4. The number of aliphatic hydroxyl groups is 5. The summed E-state index contributed by atoms with van der Waals surface area (Å²) in [6, 6.07) is 31.3. The molecule has 0 saturated carbocycles. The van der Waals surface area contributed by atoms with Crippen LogP contribution in [0.1, 0.15) is 0 Å². The standard InChI is InChI=1S/C13H13N3.C6H15NO3.C6H6.C2H6O2/c14-13(15)16(11-7-3-1-4-8-11)12-9-5-2-6-10-12;8-4-1-7(2-5-9)3-6-10;1-2-4-6-5-3-1;3-1-2-4/h1-10H,(H3,14,15);8-10H,1-6H2;1-6H;3-4H,1-2H2. The van der Waals surface area contributed by atoms with Crippen LogP contribution < -0.4 is 10.6 Å². The van der Waals surface area contributed by atoms with Gasteiger partial charge in [-0.25, -0.2) is 0 Å². The Kier molecular flexibility index (Phi) is 21.3. The summed E-state index contributed by atoms with van der Waals surface area (Å²) in [5.41, 5.74) is 7.39. The van der Waals surface area contributed by atoms with Crippen molar-refractivity contribution in [2.75, 3.05) is 57.6 Å². The lowest BCUT2D eigenvalue weighted by Crippen LogP contribution is -2.32. The highest BCUT2D eigenvalue weighted by molar-refractivity contribution is 5.99. The Morgan fingerprint density at radius 1 is 0.528 bits per heavy atom. The molecular formula is C27H40N4O5. The first-order chi connectivity index (χ1) is 17.5. The molecule has 0 amide bonds. The predicted molar refractivity (Wildman–Crippen MR) is 145 cm³/mol. The van der Waals surface area contributed by atoms with E-state index >= 15 is 0 Å². The number of rotatable bonds is 9. The summed E-state index contributed by atoms with van der Waals surface area (Å²) >= 11 is 0. The molecule has 0 aliphatic heterocycles. The van der Waals surface area contributed by atoms with Gasteiger partial charge in [0.2, 0.25) is 0 Å². The van der Waals surface area contributed by atoms with Crippen LogP contribution in [0.3, 0.4) is 0 Å². The van der Waals surface area contributed by atoms with Crippen LogP contribution in [0.5, 0.6) is 0 Å². The normalized spacial score (nSPS) is 9.50. The number of hydrogen-bond donors (Lipinski definition) is 7. The van der Waals surface area contributed by atoms with E-state index in [1.807, 2.05) is 97.1 Å². The van der Waals surface area contributed by atoms with Crippen molar-refractivity contribution in [1.82, 2.24) is 4.90 Å². The topological polar surface area (TPSA) is 158 Å². The molecule has 198 valence electrons. The van der Waals surface area contributed by atoms with Crippen LogP contribution >= 0.6 is 0 Å². The van der Waals surface area contributed by atoms with E-state index < -0.39 is 0 Å². The zero-order valence-electron chi connectivity index (χ0n) is 20.6. The van der Waals surface area contributed by atoms with E-state index in [-0.39, 0.29) is 39.0 Å². The Hall–Kier alpha value is -3.31. The van der Waals surface area contributed by atoms with E-state index in [1.165, 1.54) is 0 Å². The van der Waals surface area contributed by atoms with Gasteiger partial charge in [-0.1, -0.05) is 72.8 Å². The van der Waals surface area contributed by atoms with Crippen LogP contribution in [0, 0.1) is 5.41 Å². The summed E-state index contributed by atoms with van der Waals surface area (Å²) in [4.78, 5) is 3.49. The lowest BCUT2D eigenvalue weighted by atomic mass is 10.2. The van der Waals surface area contributed by atoms with E-state index in [2.05, 4.69) is 0 Å². The van der Waals surface area contributed by atoms with Crippen LogP contribution in [-0.4, -0.2) is 89.1 Å². The van der Waals surface area contributed by atoms with Gasteiger partial charge in [0.1, 0.15) is 0 Å². The van der Waals surface area contributed by atoms with Crippen molar-refractivity contribution in [2.24, 2.45) is 5.73 Å². The predicted octanol–water partition coefficient (Wildman–Crippen LogP) is 1.64. The van der Waals surface area contributed by atoms with Crippen molar-refractivity contribution >= 4 is 17.3 Å². The molecule has 0 atom stereocenters. The zero-order chi connectivity index (χ0) is 26.9. The number of benzene rings is 3. The molecule has 9 nitrogen and oxygen atoms in total. The largest absolute Gasteiger partial charge is 0.395 e. The van der Waals surface area contributed by atoms with Gasteiger partial charge in [0.05, 0.1) is 33.0 Å². The molecule has 0 unspecified atom stereocenters. The lowest BCUT2D eigenvalue weighted by molar-refractivity contribution is 0.136. The number of hydrogen-bond acceptors (Lipinski definition) is 7. The fraction of sp³-hybridized carbons (Fsp3) is 0.296. The first-order valence-electron chi connectivity index (χ1n) is 11.6. The maximum Gasteiger partial charge on any atom is 0.197 e. The maximum atomic E-state index is 8.48. The van der Waals surface area contributed by atoms with Gasteiger partial charge in [-0.3, -0.25) is 15.2 Å². The van der Waals surface area contributed by atoms with Gasteiger partial charge >= 0.3 is 0 Å². The molecule has 0 bridgehead atoms. The highest BCUT2D eigenvalue weighted by Crippen LogP contribution is 2.23. The average molecular weight is 501 g/mol. The van der Waals surface area contributed by atoms with Crippen molar-refractivity contribution in [1.29, 1.82) is 5.41 Å². The molecule has 0 saturated heterocycles. The minimum absolute atomic E-state index is 0.0115. The number of nitrogens with one attached hydrogen (secondary N) is 1. The minimum Gasteiger partial charge on any atom is -0.395 e. The quantitative estimate of drug-likeness (QED) is 0.173. The summed E-state index contributed by atoms with van der Waals surface area (Å²) in [5.74, 6) is 0.0115. The van der Waals surface area contributed by atoms with E-state index in [1.54, 1.807) is 9.80 Å². The third-order valence-electron chi connectivity index (χ3n) is 4.29. The minimum atomic E-state index is -0.125. The molecule has 0 fully saturated rings. The fourth-order valence-electron chi connectivity index (χ4n) is 2.73. The second-order valence-corrected chi connectivity index (χ2v) is 7.01. The molecule has 0 aromatic heterocycles. The molecular weight excluding hydrogens is 460 g/mol. The van der Waals surface area contributed by atoms with Crippen LogP contribution in [0.25, 0.3) is 0 Å². The van der Waals surface area contributed by atoms with Gasteiger partial charge in [0.25, 0.3) is 0 Å². The smallest absolute Gasteiger partial charge is 0.197 e. The highest BCUT2D eigenvalue weighted by Gasteiger charge is 2.10. The number of guanidine groups is 1. The summed E-state index contributed by atoms with van der Waals surface area (Å²) in [6.45, 7) is 1.50. The number of para-hydroxylation sites is 2. The Bertz CT molecular complexity index is 775. The van der Waals surface area contributed by atoms with Gasteiger partial charge in [-0.2, -0.15) is 0 Å². The Balaban J connectivity index is 0.000000521. The van der Waals surface area contributed by atoms with Gasteiger partial charge in [0, 0.05) is 31.0 Å². The average Bonchev–Trinajstić information content (AvgIpc) is 2.92. The number of anilines is 2. The Labute approximate surface area is 213 Å². The molecule has 36 heavy (non-hydrogen) atoms. The van der Waals surface area contributed by atoms with Crippen LogP contribution in [0.4, 0.5) is 11.4 Å². The molecule has 3 rings (SSSR count). The number of nitrogens with two attached hydrogens (primary N) is 1. The number of aliphatic hydroxyl groups excluding tert-OH is 5. The molecule has 0 spiro atoms. The van der Waals surface area contributed by atoms with Crippen molar-refractivity contribution < 1.29 is 25.5 Å². The molecule has 0 aliphatic rings. The van der Waals surface area contributed by atoms with E-state index in [9.17, 15) is 0 Å². The fourth-order valence-corrected chi connectivity index (χ4v) is 2.73. The van der Waals surface area contributed by atoms with Crippen LogP contribution in [0.15, 0.2) is 97.1 Å². The highest BCUT2D eigenvalue weighted by atomic mass is 16.3. The Morgan fingerprint density at radius 2 is 0.806 bits per heavy atom. The van der Waals surface area contributed by atoms with Crippen molar-refractivity contribution in [3.05, 3.63) is 97.1 Å². The molecule has 3 aromatic carbocycles. The SMILES string of the molecule is N=C(N)N(c1ccccc1)c1ccccc1.OCCN(CCO)CCO.OCCO.c1ccccc1. The molecule has 0 heterocycles. The van der Waals surface area contributed by atoms with E-state index in [0.717, 1.165) is 11.4 Å². The summed E-state index contributed by atoms with van der Waals surface area (Å²) < 4.78 is 0. The first kappa shape index (κ1) is 32.7. The zero-order valence-corrected chi connectivity index (χ0v) is 20.6. The van der Waals surface area contributed by atoms with Crippen LogP contribution in [0.2, 0.25) is 0 Å². The van der Waals surface area contributed by atoms with Crippen molar-refractivity contribution in [3.63, 3.8) is 0 Å². The van der Waals surface area contributed by atoms with Gasteiger partial charge in [-0.05, 0) is 24.3 Å². The third-order valence-corrected chi connectivity index (χ3v) is 4.29. The third kappa shape index (κ3) is 16.3. The molecule has 0 radical (unpaired) electrons. The first-order valence-corrected chi connectivity index (χ1v) is 11.6. The summed E-state index contributed by atoms with van der Waals surface area (Å²) in [5, 5.41) is 48.3. The van der Waals surface area contributed by atoms with Gasteiger partial charge < -0.3 is 31.3 Å². The van der Waals surface area contributed by atoms with Crippen molar-refractivity contribution in [2.45, 2.75) is 0 Å². The summed E-state index contributed by atoms with van der Waals surface area (Å²) in [7, 11) is 0. The van der Waals surface area contributed by atoms with E-state index in [0.29, 0.717) is 19.6 Å². The van der Waals surface area contributed by atoms with Crippen molar-refractivity contribution in [3.8, 4) is 0 Å². The van der Waals surface area contributed by atoms with Gasteiger partial charge in [0.15, 0.2) is 5.96 Å².